The van der Waals surface area contributed by atoms with E-state index in [9.17, 15) is 4.79 Å². The molecule has 0 unspecified atom stereocenters. The summed E-state index contributed by atoms with van der Waals surface area (Å²) in [5.41, 5.74) is 0. The van der Waals surface area contributed by atoms with Crippen molar-refractivity contribution in [3.05, 3.63) is 12.4 Å². The van der Waals surface area contributed by atoms with Crippen molar-refractivity contribution in [3.63, 3.8) is 0 Å². The fraction of sp³-hybridized carbons (Fsp3) is 0.643. The van der Waals surface area contributed by atoms with Crippen LogP contribution < -0.4 is 15.4 Å². The molecule has 0 aliphatic heterocycles. The summed E-state index contributed by atoms with van der Waals surface area (Å²) in [7, 11) is 0. The Labute approximate surface area is 119 Å². The van der Waals surface area contributed by atoms with Crippen LogP contribution in [0.5, 0.6) is 5.88 Å². The van der Waals surface area contributed by atoms with Crippen molar-refractivity contribution in [2.45, 2.75) is 45.1 Å². The topological polar surface area (TPSA) is 76.1 Å². The van der Waals surface area contributed by atoms with Gasteiger partial charge in [-0.25, -0.2) is 0 Å². The number of aromatic nitrogens is 2. The Hall–Kier alpha value is -1.85. The van der Waals surface area contributed by atoms with E-state index in [1.54, 1.807) is 12.4 Å². The van der Waals surface area contributed by atoms with Crippen LogP contribution in [0.3, 0.4) is 0 Å². The molecule has 0 spiro atoms. The molecule has 110 valence electrons. The molecule has 1 aliphatic carbocycles. The Bertz CT molecular complexity index is 433. The zero-order valence-corrected chi connectivity index (χ0v) is 11.9. The van der Waals surface area contributed by atoms with Gasteiger partial charge >= 0.3 is 0 Å². The van der Waals surface area contributed by atoms with Crippen LogP contribution in [0, 0.1) is 0 Å². The van der Waals surface area contributed by atoms with Crippen LogP contribution in [0.1, 0.15) is 39.0 Å². The van der Waals surface area contributed by atoms with E-state index in [-0.39, 0.29) is 18.6 Å². The maximum Gasteiger partial charge on any atom is 0.239 e. The van der Waals surface area contributed by atoms with E-state index in [0.717, 1.165) is 12.8 Å². The minimum Gasteiger partial charge on any atom is -0.473 e. The van der Waals surface area contributed by atoms with E-state index in [1.807, 2.05) is 6.92 Å². The molecule has 1 amide bonds. The Balaban J connectivity index is 1.85. The molecule has 1 heterocycles. The van der Waals surface area contributed by atoms with Gasteiger partial charge in [-0.2, -0.15) is 4.98 Å². The van der Waals surface area contributed by atoms with E-state index in [2.05, 4.69) is 20.6 Å². The van der Waals surface area contributed by atoms with Crippen LogP contribution in [0.25, 0.3) is 0 Å². The minimum absolute atomic E-state index is 0.0621. The van der Waals surface area contributed by atoms with Crippen LogP contribution in [0.4, 0.5) is 5.82 Å². The smallest absolute Gasteiger partial charge is 0.239 e. The maximum absolute atomic E-state index is 11.4. The van der Waals surface area contributed by atoms with E-state index in [0.29, 0.717) is 18.2 Å². The summed E-state index contributed by atoms with van der Waals surface area (Å²) >= 11 is 0. The second kappa shape index (κ2) is 7.67. The Morgan fingerprint density at radius 3 is 2.90 bits per heavy atom. The quantitative estimate of drug-likeness (QED) is 0.829. The number of amides is 1. The zero-order chi connectivity index (χ0) is 14.2. The van der Waals surface area contributed by atoms with Crippen molar-refractivity contribution in [3.8, 4) is 5.88 Å². The summed E-state index contributed by atoms with van der Waals surface area (Å²) in [5.74, 6) is 1.02. The first-order valence-electron chi connectivity index (χ1n) is 7.27. The summed E-state index contributed by atoms with van der Waals surface area (Å²) in [6.45, 7) is 2.70. The lowest BCUT2D eigenvalue weighted by Gasteiger charge is -2.22. The van der Waals surface area contributed by atoms with Crippen LogP contribution in [0.2, 0.25) is 0 Å². The third-order valence-electron chi connectivity index (χ3n) is 3.26. The average molecular weight is 278 g/mol. The van der Waals surface area contributed by atoms with Gasteiger partial charge in [0.25, 0.3) is 0 Å². The molecular formula is C14H22N4O2. The summed E-state index contributed by atoms with van der Waals surface area (Å²) in [5, 5.41) is 5.66. The molecule has 1 aliphatic rings. The second-order valence-electron chi connectivity index (χ2n) is 4.93. The van der Waals surface area contributed by atoms with E-state index < -0.39 is 0 Å². The molecule has 0 atom stereocenters. The highest BCUT2D eigenvalue weighted by molar-refractivity contribution is 5.80. The number of hydrogen-bond donors (Lipinski definition) is 2. The van der Waals surface area contributed by atoms with Gasteiger partial charge < -0.3 is 15.4 Å². The van der Waals surface area contributed by atoms with Gasteiger partial charge in [-0.1, -0.05) is 6.42 Å². The standard InChI is InChI=1S/C14H22N4O2/c1-2-16-13(19)9-17-12-8-15-10-14(18-12)20-11-6-4-3-5-7-11/h8,10-11H,2-7,9H2,1H3,(H,16,19)(H,17,18). The largest absolute Gasteiger partial charge is 0.473 e. The Morgan fingerprint density at radius 2 is 2.15 bits per heavy atom. The third kappa shape index (κ3) is 4.68. The molecule has 0 aromatic carbocycles. The molecule has 20 heavy (non-hydrogen) atoms. The van der Waals surface area contributed by atoms with Gasteiger partial charge in [0.2, 0.25) is 11.8 Å². The van der Waals surface area contributed by atoms with Crippen LogP contribution in [-0.4, -0.2) is 35.1 Å². The second-order valence-corrected chi connectivity index (χ2v) is 4.93. The van der Waals surface area contributed by atoms with Gasteiger partial charge in [0, 0.05) is 6.54 Å². The number of anilines is 1. The molecule has 0 radical (unpaired) electrons. The fourth-order valence-electron chi connectivity index (χ4n) is 2.27. The van der Waals surface area contributed by atoms with E-state index >= 15 is 0 Å². The van der Waals surface area contributed by atoms with Gasteiger partial charge in [0.15, 0.2) is 0 Å². The van der Waals surface area contributed by atoms with Gasteiger partial charge in [0.1, 0.15) is 11.9 Å². The molecule has 0 bridgehead atoms. The van der Waals surface area contributed by atoms with Crippen LogP contribution in [0.15, 0.2) is 12.4 Å². The fourth-order valence-corrected chi connectivity index (χ4v) is 2.27. The van der Waals surface area contributed by atoms with Crippen molar-refractivity contribution in [1.29, 1.82) is 0 Å². The van der Waals surface area contributed by atoms with Gasteiger partial charge in [0.05, 0.1) is 18.9 Å². The molecule has 1 fully saturated rings. The maximum atomic E-state index is 11.4. The van der Waals surface area contributed by atoms with Crippen molar-refractivity contribution in [2.24, 2.45) is 0 Å². The van der Waals surface area contributed by atoms with Gasteiger partial charge in [-0.15, -0.1) is 0 Å². The molecule has 1 aromatic rings. The van der Waals surface area contributed by atoms with Crippen LogP contribution in [-0.2, 0) is 4.79 Å². The first kappa shape index (κ1) is 14.6. The van der Waals surface area contributed by atoms with Crippen molar-refractivity contribution < 1.29 is 9.53 Å². The highest BCUT2D eigenvalue weighted by atomic mass is 16.5. The van der Waals surface area contributed by atoms with Crippen molar-refractivity contribution >= 4 is 11.7 Å². The summed E-state index contributed by atoms with van der Waals surface area (Å²) in [6.07, 6.45) is 9.34. The molecule has 2 rings (SSSR count). The van der Waals surface area contributed by atoms with E-state index in [1.165, 1.54) is 19.3 Å². The number of carbonyl (C=O) groups is 1. The molecule has 6 heteroatoms. The number of hydrogen-bond acceptors (Lipinski definition) is 5. The monoisotopic (exact) mass is 278 g/mol. The summed E-state index contributed by atoms with van der Waals surface area (Å²) < 4.78 is 5.84. The molecular weight excluding hydrogens is 256 g/mol. The minimum atomic E-state index is -0.0621. The normalized spacial score (nSPS) is 15.7. The van der Waals surface area contributed by atoms with E-state index in [4.69, 9.17) is 4.74 Å². The average Bonchev–Trinajstić information content (AvgIpc) is 2.47. The first-order valence-corrected chi connectivity index (χ1v) is 7.27. The van der Waals surface area contributed by atoms with Gasteiger partial charge in [-0.3, -0.25) is 9.78 Å². The number of nitrogens with zero attached hydrogens (tertiary/aromatic N) is 2. The van der Waals surface area contributed by atoms with Crippen LogP contribution >= 0.6 is 0 Å². The number of ether oxygens (including phenoxy) is 1. The third-order valence-corrected chi connectivity index (χ3v) is 3.26. The molecule has 6 nitrogen and oxygen atoms in total. The Morgan fingerprint density at radius 1 is 1.35 bits per heavy atom. The molecule has 1 saturated carbocycles. The number of likely N-dealkylation sites (N-methyl/N-ethyl adjacent to an activating group) is 1. The number of nitrogens with one attached hydrogen (secondary N) is 2. The predicted octanol–water partition coefficient (Wildman–Crippen LogP) is 1.74. The predicted molar refractivity (Wildman–Crippen MR) is 76.7 cm³/mol. The highest BCUT2D eigenvalue weighted by Crippen LogP contribution is 2.22. The zero-order valence-electron chi connectivity index (χ0n) is 11.9. The number of rotatable bonds is 6. The highest BCUT2D eigenvalue weighted by Gasteiger charge is 2.15. The summed E-state index contributed by atoms with van der Waals surface area (Å²) in [4.78, 5) is 19.8. The Kier molecular flexibility index (Phi) is 5.58. The lowest BCUT2D eigenvalue weighted by Crippen LogP contribution is -2.29. The van der Waals surface area contributed by atoms with Crippen molar-refractivity contribution in [2.75, 3.05) is 18.4 Å². The lowest BCUT2D eigenvalue weighted by atomic mass is 9.98. The van der Waals surface area contributed by atoms with Gasteiger partial charge in [-0.05, 0) is 32.6 Å². The first-order chi connectivity index (χ1) is 9.78. The molecule has 1 aromatic heterocycles. The summed E-state index contributed by atoms with van der Waals surface area (Å²) in [6, 6.07) is 0. The number of carbonyl (C=O) groups excluding carboxylic acids is 1. The lowest BCUT2D eigenvalue weighted by molar-refractivity contribution is -0.119. The van der Waals surface area contributed by atoms with Crippen molar-refractivity contribution in [1.82, 2.24) is 15.3 Å². The molecule has 0 saturated heterocycles. The molecule has 2 N–H and O–H groups in total. The SMILES string of the molecule is CCNC(=O)CNc1cncc(OC2CCCCC2)n1.